The van der Waals surface area contributed by atoms with E-state index < -0.39 is 0 Å². The highest BCUT2D eigenvalue weighted by Gasteiger charge is 2.32. The predicted octanol–water partition coefficient (Wildman–Crippen LogP) is 0.230. The van der Waals surface area contributed by atoms with Gasteiger partial charge in [-0.2, -0.15) is 0 Å². The zero-order valence-corrected chi connectivity index (χ0v) is 9.66. The molecule has 0 aromatic heterocycles. The van der Waals surface area contributed by atoms with E-state index in [0.717, 1.165) is 18.0 Å². The molecule has 3 heteroatoms. The highest BCUT2D eigenvalue weighted by atomic mass is 15.3. The van der Waals surface area contributed by atoms with Crippen LogP contribution in [0.3, 0.4) is 0 Å². The molecule has 2 heterocycles. The SMILES string of the molecule is CC1CNCC1N1CCN(C)C(C)C1. The highest BCUT2D eigenvalue weighted by molar-refractivity contribution is 4.90. The van der Waals surface area contributed by atoms with Crippen molar-refractivity contribution in [1.29, 1.82) is 0 Å². The molecule has 2 saturated heterocycles. The molecule has 0 radical (unpaired) electrons. The molecule has 0 aliphatic carbocycles. The van der Waals surface area contributed by atoms with Crippen LogP contribution in [-0.4, -0.2) is 61.7 Å². The summed E-state index contributed by atoms with van der Waals surface area (Å²) in [7, 11) is 2.23. The van der Waals surface area contributed by atoms with E-state index in [9.17, 15) is 0 Å². The Balaban J connectivity index is 1.92. The molecule has 82 valence electrons. The molecule has 3 unspecified atom stereocenters. The molecule has 3 atom stereocenters. The van der Waals surface area contributed by atoms with Gasteiger partial charge in [0.05, 0.1) is 0 Å². The highest BCUT2D eigenvalue weighted by Crippen LogP contribution is 2.18. The second kappa shape index (κ2) is 4.17. The van der Waals surface area contributed by atoms with E-state index in [0.29, 0.717) is 0 Å². The molecule has 2 rings (SSSR count). The van der Waals surface area contributed by atoms with E-state index in [1.807, 2.05) is 0 Å². The fourth-order valence-corrected chi connectivity index (χ4v) is 2.66. The number of hydrogen-bond acceptors (Lipinski definition) is 3. The zero-order chi connectivity index (χ0) is 10.1. The summed E-state index contributed by atoms with van der Waals surface area (Å²) in [6, 6.07) is 1.50. The maximum Gasteiger partial charge on any atom is 0.0259 e. The lowest BCUT2D eigenvalue weighted by atomic mass is 10.0. The fraction of sp³-hybridized carbons (Fsp3) is 1.00. The lowest BCUT2D eigenvalue weighted by Crippen LogP contribution is -2.55. The first-order chi connectivity index (χ1) is 6.68. The van der Waals surface area contributed by atoms with E-state index >= 15 is 0 Å². The van der Waals surface area contributed by atoms with Crippen molar-refractivity contribution in [3.63, 3.8) is 0 Å². The second-order valence-corrected chi connectivity index (χ2v) is 5.03. The minimum atomic E-state index is 0.719. The quantitative estimate of drug-likeness (QED) is 0.649. The van der Waals surface area contributed by atoms with Gasteiger partial charge in [0.25, 0.3) is 0 Å². The molecule has 0 saturated carbocycles. The Bertz CT molecular complexity index is 195. The van der Waals surface area contributed by atoms with Gasteiger partial charge in [0, 0.05) is 38.3 Å². The smallest absolute Gasteiger partial charge is 0.0259 e. The van der Waals surface area contributed by atoms with Crippen molar-refractivity contribution < 1.29 is 0 Å². The van der Waals surface area contributed by atoms with E-state index in [1.165, 1.54) is 32.7 Å². The maximum atomic E-state index is 3.49. The molecule has 0 spiro atoms. The van der Waals surface area contributed by atoms with Gasteiger partial charge >= 0.3 is 0 Å². The van der Waals surface area contributed by atoms with E-state index in [1.54, 1.807) is 0 Å². The third-order valence-corrected chi connectivity index (χ3v) is 3.94. The van der Waals surface area contributed by atoms with Crippen LogP contribution in [0.25, 0.3) is 0 Å². The summed E-state index contributed by atoms with van der Waals surface area (Å²) < 4.78 is 0. The van der Waals surface area contributed by atoms with Crippen molar-refractivity contribution in [1.82, 2.24) is 15.1 Å². The number of nitrogens with zero attached hydrogens (tertiary/aromatic N) is 2. The van der Waals surface area contributed by atoms with Gasteiger partial charge in [0.15, 0.2) is 0 Å². The van der Waals surface area contributed by atoms with Crippen LogP contribution in [0.1, 0.15) is 13.8 Å². The summed E-state index contributed by atoms with van der Waals surface area (Å²) >= 11 is 0. The van der Waals surface area contributed by atoms with Crippen LogP contribution >= 0.6 is 0 Å². The van der Waals surface area contributed by atoms with Gasteiger partial charge in [0.2, 0.25) is 0 Å². The van der Waals surface area contributed by atoms with E-state index in [4.69, 9.17) is 0 Å². The molecule has 2 fully saturated rings. The maximum absolute atomic E-state index is 3.49. The number of nitrogens with one attached hydrogen (secondary N) is 1. The summed E-state index contributed by atoms with van der Waals surface area (Å²) in [5, 5.41) is 3.49. The molecule has 0 bridgehead atoms. The topological polar surface area (TPSA) is 18.5 Å². The van der Waals surface area contributed by atoms with Gasteiger partial charge in [0.1, 0.15) is 0 Å². The van der Waals surface area contributed by atoms with Crippen molar-refractivity contribution in [2.45, 2.75) is 25.9 Å². The Hall–Kier alpha value is -0.120. The minimum Gasteiger partial charge on any atom is -0.315 e. The Morgan fingerprint density at radius 1 is 1.14 bits per heavy atom. The van der Waals surface area contributed by atoms with E-state index in [-0.39, 0.29) is 0 Å². The van der Waals surface area contributed by atoms with Crippen LogP contribution in [0.4, 0.5) is 0 Å². The summed E-state index contributed by atoms with van der Waals surface area (Å²) in [4.78, 5) is 5.14. The van der Waals surface area contributed by atoms with Gasteiger partial charge in [-0.1, -0.05) is 6.92 Å². The van der Waals surface area contributed by atoms with Crippen LogP contribution in [-0.2, 0) is 0 Å². The Kier molecular flexibility index (Phi) is 3.10. The fourth-order valence-electron chi connectivity index (χ4n) is 2.66. The third-order valence-electron chi connectivity index (χ3n) is 3.94. The molecule has 2 aliphatic heterocycles. The van der Waals surface area contributed by atoms with Gasteiger partial charge in [-0.15, -0.1) is 0 Å². The van der Waals surface area contributed by atoms with Crippen LogP contribution < -0.4 is 5.32 Å². The number of hydrogen-bond donors (Lipinski definition) is 1. The van der Waals surface area contributed by atoms with Gasteiger partial charge < -0.3 is 10.2 Å². The molecular formula is C11H23N3. The lowest BCUT2D eigenvalue weighted by molar-refractivity contribution is 0.0658. The largest absolute Gasteiger partial charge is 0.315 e. The average molecular weight is 197 g/mol. The van der Waals surface area contributed by atoms with Crippen molar-refractivity contribution in [2.24, 2.45) is 5.92 Å². The Labute approximate surface area is 87.4 Å². The third kappa shape index (κ3) is 1.95. The predicted molar refractivity (Wildman–Crippen MR) is 59.5 cm³/mol. The monoisotopic (exact) mass is 197 g/mol. The molecular weight excluding hydrogens is 174 g/mol. The summed E-state index contributed by atoms with van der Waals surface area (Å²) in [6.45, 7) is 10.8. The van der Waals surface area contributed by atoms with Crippen molar-refractivity contribution in [3.05, 3.63) is 0 Å². The first kappa shape index (κ1) is 10.4. The van der Waals surface area contributed by atoms with E-state index in [2.05, 4.69) is 36.0 Å². The number of likely N-dealkylation sites (N-methyl/N-ethyl adjacent to an activating group) is 1. The molecule has 14 heavy (non-hydrogen) atoms. The van der Waals surface area contributed by atoms with Crippen molar-refractivity contribution in [2.75, 3.05) is 39.8 Å². The van der Waals surface area contributed by atoms with Crippen molar-refractivity contribution >= 4 is 0 Å². The Morgan fingerprint density at radius 3 is 2.50 bits per heavy atom. The summed E-state index contributed by atoms with van der Waals surface area (Å²) in [5.74, 6) is 0.825. The van der Waals surface area contributed by atoms with Crippen LogP contribution in [0.5, 0.6) is 0 Å². The minimum absolute atomic E-state index is 0.719. The molecule has 2 aliphatic rings. The van der Waals surface area contributed by atoms with Gasteiger partial charge in [-0.05, 0) is 26.4 Å². The number of rotatable bonds is 1. The zero-order valence-electron chi connectivity index (χ0n) is 9.66. The average Bonchev–Trinajstić information content (AvgIpc) is 2.57. The summed E-state index contributed by atoms with van der Waals surface area (Å²) in [5.41, 5.74) is 0. The van der Waals surface area contributed by atoms with Gasteiger partial charge in [-0.25, -0.2) is 0 Å². The number of piperazine rings is 1. The molecule has 0 aromatic carbocycles. The van der Waals surface area contributed by atoms with Gasteiger partial charge in [-0.3, -0.25) is 4.90 Å². The first-order valence-corrected chi connectivity index (χ1v) is 5.83. The molecule has 0 amide bonds. The Morgan fingerprint density at radius 2 is 1.93 bits per heavy atom. The molecule has 3 nitrogen and oxygen atoms in total. The second-order valence-electron chi connectivity index (χ2n) is 5.03. The molecule has 0 aromatic rings. The normalized spacial score (nSPS) is 41.8. The lowest BCUT2D eigenvalue weighted by Gasteiger charge is -2.41. The van der Waals surface area contributed by atoms with Crippen LogP contribution in [0, 0.1) is 5.92 Å². The van der Waals surface area contributed by atoms with Crippen LogP contribution in [0.2, 0.25) is 0 Å². The molecule has 1 N–H and O–H groups in total. The first-order valence-electron chi connectivity index (χ1n) is 5.83. The van der Waals surface area contributed by atoms with Crippen LogP contribution in [0.15, 0.2) is 0 Å². The standard InChI is InChI=1S/C11H23N3/c1-9-6-12-7-11(9)14-5-4-13(3)10(2)8-14/h9-12H,4-8H2,1-3H3. The summed E-state index contributed by atoms with van der Waals surface area (Å²) in [6.07, 6.45) is 0. The van der Waals surface area contributed by atoms with Crippen molar-refractivity contribution in [3.8, 4) is 0 Å².